The minimum atomic E-state index is -0.316. The van der Waals surface area contributed by atoms with Gasteiger partial charge in [-0.1, -0.05) is 12.1 Å². The van der Waals surface area contributed by atoms with Crippen molar-refractivity contribution in [2.45, 2.75) is 25.6 Å². The third-order valence-corrected chi connectivity index (χ3v) is 3.25. The fraction of sp³-hybridized carbons (Fsp3) is 0.333. The van der Waals surface area contributed by atoms with E-state index in [0.29, 0.717) is 12.5 Å². The maximum atomic E-state index is 9.98. The van der Waals surface area contributed by atoms with Crippen LogP contribution in [0.25, 0.3) is 0 Å². The maximum Gasteiger partial charge on any atom is 0.146 e. The molecule has 3 rings (SSSR count). The van der Waals surface area contributed by atoms with Crippen LogP contribution in [0.5, 0.6) is 5.75 Å². The van der Waals surface area contributed by atoms with Crippen LogP contribution in [0.1, 0.15) is 30.3 Å². The highest BCUT2D eigenvalue weighted by Gasteiger charge is 2.30. The van der Waals surface area contributed by atoms with E-state index < -0.39 is 0 Å². The first kappa shape index (κ1) is 11.4. The number of rotatable bonds is 5. The first-order valence-electron chi connectivity index (χ1n) is 6.26. The van der Waals surface area contributed by atoms with Crippen molar-refractivity contribution in [1.29, 1.82) is 0 Å². The lowest BCUT2D eigenvalue weighted by molar-refractivity contribution is 0.153. The van der Waals surface area contributed by atoms with Gasteiger partial charge in [-0.15, -0.1) is 0 Å². The predicted octanol–water partition coefficient (Wildman–Crippen LogP) is 3.30. The van der Waals surface area contributed by atoms with Gasteiger partial charge in [0.15, 0.2) is 0 Å². The number of furan rings is 1. The largest absolute Gasteiger partial charge is 0.486 e. The molecule has 18 heavy (non-hydrogen) atoms. The van der Waals surface area contributed by atoms with Gasteiger partial charge in [0, 0.05) is 0 Å². The molecule has 3 nitrogen and oxygen atoms in total. The van der Waals surface area contributed by atoms with Gasteiger partial charge in [0.2, 0.25) is 0 Å². The minimum absolute atomic E-state index is 0.316. The third kappa shape index (κ3) is 2.57. The Morgan fingerprint density at radius 1 is 1.22 bits per heavy atom. The van der Waals surface area contributed by atoms with Gasteiger partial charge < -0.3 is 14.3 Å². The van der Waals surface area contributed by atoms with Crippen LogP contribution in [0.2, 0.25) is 0 Å². The van der Waals surface area contributed by atoms with Gasteiger partial charge in [0.05, 0.1) is 12.4 Å². The molecule has 94 valence electrons. The molecular formula is C15H16O3. The third-order valence-electron chi connectivity index (χ3n) is 3.25. The smallest absolute Gasteiger partial charge is 0.146 e. The molecule has 0 bridgehead atoms. The van der Waals surface area contributed by atoms with Crippen LogP contribution in [-0.4, -0.2) is 5.11 Å². The van der Waals surface area contributed by atoms with Gasteiger partial charge in [-0.25, -0.2) is 0 Å². The fourth-order valence-corrected chi connectivity index (χ4v) is 1.99. The average Bonchev–Trinajstić information content (AvgIpc) is 3.13. The monoisotopic (exact) mass is 244 g/mol. The molecule has 1 aliphatic carbocycles. The minimum Gasteiger partial charge on any atom is -0.486 e. The number of aliphatic hydroxyl groups excluding tert-OH is 1. The summed E-state index contributed by atoms with van der Waals surface area (Å²) in [6.07, 6.45) is 3.59. The molecule has 1 atom stereocenters. The summed E-state index contributed by atoms with van der Waals surface area (Å²) in [4.78, 5) is 0. The Labute approximate surface area is 106 Å². The highest BCUT2D eigenvalue weighted by molar-refractivity contribution is 5.29. The zero-order valence-corrected chi connectivity index (χ0v) is 10.1. The van der Waals surface area contributed by atoms with Crippen LogP contribution in [-0.2, 0) is 6.61 Å². The first-order chi connectivity index (χ1) is 8.83. The van der Waals surface area contributed by atoms with Crippen molar-refractivity contribution in [3.8, 4) is 5.75 Å². The molecule has 1 heterocycles. The van der Waals surface area contributed by atoms with Crippen LogP contribution < -0.4 is 4.74 Å². The molecule has 0 radical (unpaired) electrons. The van der Waals surface area contributed by atoms with Gasteiger partial charge in [-0.2, -0.15) is 0 Å². The van der Waals surface area contributed by atoms with E-state index in [-0.39, 0.29) is 6.10 Å². The molecule has 1 aromatic heterocycles. The highest BCUT2D eigenvalue weighted by Crippen LogP contribution is 2.41. The predicted molar refractivity (Wildman–Crippen MR) is 67.2 cm³/mol. The van der Waals surface area contributed by atoms with E-state index in [1.54, 1.807) is 6.26 Å². The molecule has 1 N–H and O–H groups in total. The Morgan fingerprint density at radius 3 is 2.61 bits per heavy atom. The van der Waals surface area contributed by atoms with E-state index in [0.717, 1.165) is 29.9 Å². The Bertz CT molecular complexity index is 483. The summed E-state index contributed by atoms with van der Waals surface area (Å²) in [6, 6.07) is 11.4. The molecule has 0 spiro atoms. The van der Waals surface area contributed by atoms with Crippen LogP contribution in [0, 0.1) is 5.92 Å². The van der Waals surface area contributed by atoms with Crippen molar-refractivity contribution in [1.82, 2.24) is 0 Å². The Balaban J connectivity index is 1.60. The van der Waals surface area contributed by atoms with Crippen molar-refractivity contribution >= 4 is 0 Å². The second-order valence-corrected chi connectivity index (χ2v) is 4.72. The van der Waals surface area contributed by atoms with Crippen molar-refractivity contribution in [2.75, 3.05) is 0 Å². The zero-order valence-electron chi connectivity index (χ0n) is 10.1. The fourth-order valence-electron chi connectivity index (χ4n) is 1.99. The summed E-state index contributed by atoms with van der Waals surface area (Å²) < 4.78 is 10.8. The Kier molecular flexibility index (Phi) is 3.07. The summed E-state index contributed by atoms with van der Waals surface area (Å²) in [7, 11) is 0. The van der Waals surface area contributed by atoms with Crippen LogP contribution in [0.15, 0.2) is 47.1 Å². The molecule has 0 saturated heterocycles. The second-order valence-electron chi connectivity index (χ2n) is 4.72. The van der Waals surface area contributed by atoms with E-state index in [4.69, 9.17) is 9.15 Å². The Morgan fingerprint density at radius 2 is 2.00 bits per heavy atom. The summed E-state index contributed by atoms with van der Waals surface area (Å²) in [6.45, 7) is 0.428. The van der Waals surface area contributed by atoms with E-state index in [2.05, 4.69) is 0 Å². The topological polar surface area (TPSA) is 42.6 Å². The summed E-state index contributed by atoms with van der Waals surface area (Å²) in [5.74, 6) is 2.05. The summed E-state index contributed by atoms with van der Waals surface area (Å²) in [5, 5.41) is 9.98. The standard InChI is InChI=1S/C15H16O3/c16-15(11-3-4-11)12-5-7-13(8-6-12)18-10-14-2-1-9-17-14/h1-2,5-9,11,15-16H,3-4,10H2. The zero-order chi connectivity index (χ0) is 12.4. The molecule has 1 aliphatic rings. The lowest BCUT2D eigenvalue weighted by Gasteiger charge is -2.10. The molecule has 2 aromatic rings. The second kappa shape index (κ2) is 4.86. The lowest BCUT2D eigenvalue weighted by atomic mass is 10.1. The van der Waals surface area contributed by atoms with Crippen LogP contribution >= 0.6 is 0 Å². The van der Waals surface area contributed by atoms with Crippen molar-refractivity contribution in [3.63, 3.8) is 0 Å². The number of benzene rings is 1. The number of hydrogen-bond donors (Lipinski definition) is 1. The molecule has 0 amide bonds. The van der Waals surface area contributed by atoms with Gasteiger partial charge in [-0.05, 0) is 48.6 Å². The van der Waals surface area contributed by atoms with Crippen molar-refractivity contribution in [2.24, 2.45) is 5.92 Å². The molecule has 1 aromatic carbocycles. The number of hydrogen-bond acceptors (Lipinski definition) is 3. The molecule has 1 fully saturated rings. The molecule has 0 aliphatic heterocycles. The van der Waals surface area contributed by atoms with Gasteiger partial charge in [0.1, 0.15) is 18.1 Å². The van der Waals surface area contributed by atoms with Gasteiger partial charge >= 0.3 is 0 Å². The average molecular weight is 244 g/mol. The molecule has 1 saturated carbocycles. The number of ether oxygens (including phenoxy) is 1. The lowest BCUT2D eigenvalue weighted by Crippen LogP contribution is -1.99. The number of aliphatic hydroxyl groups is 1. The first-order valence-corrected chi connectivity index (χ1v) is 6.26. The van der Waals surface area contributed by atoms with E-state index >= 15 is 0 Å². The van der Waals surface area contributed by atoms with Crippen molar-refractivity contribution < 1.29 is 14.3 Å². The van der Waals surface area contributed by atoms with Crippen LogP contribution in [0.4, 0.5) is 0 Å². The maximum absolute atomic E-state index is 9.98. The molecule has 1 unspecified atom stereocenters. The SMILES string of the molecule is OC(c1ccc(OCc2ccco2)cc1)C1CC1. The van der Waals surface area contributed by atoms with Gasteiger partial charge in [0.25, 0.3) is 0 Å². The van der Waals surface area contributed by atoms with E-state index in [1.165, 1.54) is 0 Å². The quantitative estimate of drug-likeness (QED) is 0.877. The molecule has 3 heteroatoms. The summed E-state index contributed by atoms with van der Waals surface area (Å²) in [5.41, 5.74) is 0.975. The normalized spacial score (nSPS) is 16.5. The van der Waals surface area contributed by atoms with Crippen molar-refractivity contribution in [3.05, 3.63) is 54.0 Å². The highest BCUT2D eigenvalue weighted by atomic mass is 16.5. The molecular weight excluding hydrogens is 228 g/mol. The van der Waals surface area contributed by atoms with Crippen LogP contribution in [0.3, 0.4) is 0 Å². The van der Waals surface area contributed by atoms with Gasteiger partial charge in [-0.3, -0.25) is 0 Å². The summed E-state index contributed by atoms with van der Waals surface area (Å²) >= 11 is 0. The Hall–Kier alpha value is -1.74. The van der Waals surface area contributed by atoms with E-state index in [9.17, 15) is 5.11 Å². The van der Waals surface area contributed by atoms with E-state index in [1.807, 2.05) is 36.4 Å².